The van der Waals surface area contributed by atoms with Gasteiger partial charge in [0.15, 0.2) is 0 Å². The number of aliphatic hydroxyl groups is 1. The van der Waals surface area contributed by atoms with Crippen LogP contribution < -0.4 is 10.6 Å². The first-order valence-electron chi connectivity index (χ1n) is 9.96. The van der Waals surface area contributed by atoms with E-state index in [0.29, 0.717) is 12.1 Å². The Morgan fingerprint density at radius 1 is 1.16 bits per heavy atom. The minimum atomic E-state index is -0.123. The average molecular weight is 434 g/mol. The van der Waals surface area contributed by atoms with Crippen LogP contribution in [0.1, 0.15) is 33.6 Å². The quantitative estimate of drug-likeness (QED) is 0.410. The summed E-state index contributed by atoms with van der Waals surface area (Å²) in [5.74, 6) is 0.745. The predicted octanol–water partition coefficient (Wildman–Crippen LogP) is 3.82. The zero-order chi connectivity index (χ0) is 21.8. The number of rotatable bonds is 7. The molecule has 3 heterocycles. The van der Waals surface area contributed by atoms with Gasteiger partial charge >= 0.3 is 0 Å². The molecule has 1 amide bonds. The van der Waals surface area contributed by atoms with Crippen LogP contribution in [0.2, 0.25) is 0 Å². The monoisotopic (exact) mass is 433 g/mol. The molecule has 4 aromatic rings. The Bertz CT molecular complexity index is 1220. The Labute approximate surface area is 184 Å². The SMILES string of the molecule is CNC(=O)c1ccnc2c([C@H](C)CNc3cc(-c4ccc(CO)s4)ncn3)cccc12. The first-order chi connectivity index (χ1) is 15.1. The first kappa shape index (κ1) is 20.9. The minimum Gasteiger partial charge on any atom is -0.391 e. The molecule has 0 aliphatic heterocycles. The molecule has 0 bridgehead atoms. The van der Waals surface area contributed by atoms with Crippen LogP contribution in [-0.4, -0.2) is 39.6 Å². The standard InChI is InChI=1S/C23H23N5O2S/c1-14(16-4-3-5-17-18(23(30)24-2)8-9-25-22(16)17)11-26-21-10-19(27-13-28-21)20-7-6-15(12-29)31-20/h3-10,13-14,29H,11-12H2,1-2H3,(H,24,30)(H,26,27,28)/t14-/m1/s1. The highest BCUT2D eigenvalue weighted by Crippen LogP contribution is 2.29. The van der Waals surface area contributed by atoms with Gasteiger partial charge in [0.05, 0.1) is 28.3 Å². The maximum absolute atomic E-state index is 12.2. The van der Waals surface area contributed by atoms with Gasteiger partial charge in [0.1, 0.15) is 12.1 Å². The molecule has 0 unspecified atom stereocenters. The summed E-state index contributed by atoms with van der Waals surface area (Å²) in [6, 6.07) is 13.4. The number of aliphatic hydroxyl groups excluding tert-OH is 1. The van der Waals surface area contributed by atoms with Gasteiger partial charge in [0, 0.05) is 42.0 Å². The molecule has 0 saturated heterocycles. The number of nitrogens with zero attached hydrogens (tertiary/aromatic N) is 3. The van der Waals surface area contributed by atoms with E-state index in [-0.39, 0.29) is 18.4 Å². The van der Waals surface area contributed by atoms with Crippen LogP contribution in [0.3, 0.4) is 0 Å². The molecule has 158 valence electrons. The van der Waals surface area contributed by atoms with E-state index in [1.54, 1.807) is 19.3 Å². The number of aromatic nitrogens is 3. The third-order valence-corrected chi connectivity index (χ3v) is 6.22. The largest absolute Gasteiger partial charge is 0.391 e. The molecule has 0 fully saturated rings. The smallest absolute Gasteiger partial charge is 0.251 e. The summed E-state index contributed by atoms with van der Waals surface area (Å²) in [6.07, 6.45) is 3.21. The number of hydrogen-bond donors (Lipinski definition) is 3. The number of hydrogen-bond acceptors (Lipinski definition) is 7. The van der Waals surface area contributed by atoms with Gasteiger partial charge in [-0.25, -0.2) is 9.97 Å². The van der Waals surface area contributed by atoms with Gasteiger partial charge in [-0.05, 0) is 23.8 Å². The summed E-state index contributed by atoms with van der Waals surface area (Å²) in [5, 5.41) is 16.2. The van der Waals surface area contributed by atoms with Crippen molar-refractivity contribution in [1.29, 1.82) is 0 Å². The molecule has 1 aromatic carbocycles. The molecule has 4 rings (SSSR count). The summed E-state index contributed by atoms with van der Waals surface area (Å²) >= 11 is 1.51. The van der Waals surface area contributed by atoms with Gasteiger partial charge in [-0.3, -0.25) is 9.78 Å². The topological polar surface area (TPSA) is 100 Å². The normalized spacial score (nSPS) is 12.0. The summed E-state index contributed by atoms with van der Waals surface area (Å²) in [4.78, 5) is 27.3. The van der Waals surface area contributed by atoms with Gasteiger partial charge in [0.2, 0.25) is 0 Å². The van der Waals surface area contributed by atoms with Gasteiger partial charge in [-0.15, -0.1) is 11.3 Å². The van der Waals surface area contributed by atoms with E-state index < -0.39 is 0 Å². The van der Waals surface area contributed by atoms with Crippen molar-refractivity contribution in [3.05, 3.63) is 71.0 Å². The number of carbonyl (C=O) groups excluding carboxylic acids is 1. The number of anilines is 1. The Hall–Kier alpha value is -3.36. The van der Waals surface area contributed by atoms with E-state index in [4.69, 9.17) is 0 Å². The van der Waals surface area contributed by atoms with Crippen molar-refractivity contribution in [3.8, 4) is 10.6 Å². The number of benzene rings is 1. The highest BCUT2D eigenvalue weighted by atomic mass is 32.1. The molecule has 1 atom stereocenters. The lowest BCUT2D eigenvalue weighted by atomic mass is 9.96. The number of amides is 1. The molecule has 0 radical (unpaired) electrons. The van der Waals surface area contributed by atoms with Gasteiger partial charge < -0.3 is 15.7 Å². The van der Waals surface area contributed by atoms with E-state index in [9.17, 15) is 9.90 Å². The van der Waals surface area contributed by atoms with Crippen LogP contribution in [0.5, 0.6) is 0 Å². The van der Waals surface area contributed by atoms with Crippen LogP contribution in [0.15, 0.2) is 55.0 Å². The third-order valence-electron chi connectivity index (χ3n) is 5.13. The molecule has 3 aromatic heterocycles. The number of carbonyl (C=O) groups is 1. The molecule has 0 spiro atoms. The van der Waals surface area contributed by atoms with Crippen molar-refractivity contribution < 1.29 is 9.90 Å². The van der Waals surface area contributed by atoms with Crippen molar-refractivity contribution in [1.82, 2.24) is 20.3 Å². The highest BCUT2D eigenvalue weighted by molar-refractivity contribution is 7.15. The second-order valence-electron chi connectivity index (χ2n) is 7.18. The second kappa shape index (κ2) is 9.20. The molecular weight excluding hydrogens is 410 g/mol. The fourth-order valence-corrected chi connectivity index (χ4v) is 4.32. The molecular formula is C23H23N5O2S. The van der Waals surface area contributed by atoms with E-state index in [0.717, 1.165) is 37.7 Å². The Morgan fingerprint density at radius 2 is 2.03 bits per heavy atom. The third kappa shape index (κ3) is 4.40. The van der Waals surface area contributed by atoms with Crippen molar-refractivity contribution in [3.63, 3.8) is 0 Å². The van der Waals surface area contributed by atoms with Crippen LogP contribution in [0.4, 0.5) is 5.82 Å². The Kier molecular flexibility index (Phi) is 6.20. The molecule has 8 heteroatoms. The van der Waals surface area contributed by atoms with Crippen LogP contribution in [0.25, 0.3) is 21.5 Å². The lowest BCUT2D eigenvalue weighted by Gasteiger charge is -2.16. The number of thiophene rings is 1. The number of para-hydroxylation sites is 1. The molecule has 7 nitrogen and oxygen atoms in total. The summed E-state index contributed by atoms with van der Waals surface area (Å²) in [7, 11) is 1.63. The van der Waals surface area contributed by atoms with Gasteiger partial charge in [0.25, 0.3) is 5.91 Å². The highest BCUT2D eigenvalue weighted by Gasteiger charge is 2.15. The minimum absolute atomic E-state index is 0.0269. The number of nitrogens with one attached hydrogen (secondary N) is 2. The molecule has 0 aliphatic rings. The fourth-order valence-electron chi connectivity index (χ4n) is 3.49. The van der Waals surface area contributed by atoms with Crippen molar-refractivity contribution in [2.45, 2.75) is 19.4 Å². The number of fused-ring (bicyclic) bond motifs is 1. The summed E-state index contributed by atoms with van der Waals surface area (Å²) < 4.78 is 0. The first-order valence-corrected chi connectivity index (χ1v) is 10.8. The van der Waals surface area contributed by atoms with E-state index >= 15 is 0 Å². The van der Waals surface area contributed by atoms with Crippen molar-refractivity contribution >= 4 is 34.0 Å². The lowest BCUT2D eigenvalue weighted by Crippen LogP contribution is -2.18. The van der Waals surface area contributed by atoms with Crippen molar-refractivity contribution in [2.24, 2.45) is 0 Å². The van der Waals surface area contributed by atoms with Crippen molar-refractivity contribution in [2.75, 3.05) is 18.9 Å². The maximum Gasteiger partial charge on any atom is 0.251 e. The molecule has 3 N–H and O–H groups in total. The Balaban J connectivity index is 1.54. The molecule has 31 heavy (non-hydrogen) atoms. The van der Waals surface area contributed by atoms with Crippen LogP contribution in [0, 0.1) is 0 Å². The summed E-state index contributed by atoms with van der Waals surface area (Å²) in [5.41, 5.74) is 3.33. The maximum atomic E-state index is 12.2. The zero-order valence-electron chi connectivity index (χ0n) is 17.3. The van der Waals surface area contributed by atoms with Crippen LogP contribution in [-0.2, 0) is 6.61 Å². The fraction of sp³-hybridized carbons (Fsp3) is 0.217. The molecule has 0 aliphatic carbocycles. The van der Waals surface area contributed by atoms with E-state index in [2.05, 4.69) is 32.5 Å². The lowest BCUT2D eigenvalue weighted by molar-refractivity contribution is 0.0964. The van der Waals surface area contributed by atoms with Gasteiger partial charge in [-0.2, -0.15) is 0 Å². The zero-order valence-corrected chi connectivity index (χ0v) is 18.1. The Morgan fingerprint density at radius 3 is 2.81 bits per heavy atom. The van der Waals surface area contributed by atoms with E-state index in [1.165, 1.54) is 17.7 Å². The average Bonchev–Trinajstić information content (AvgIpc) is 3.31. The van der Waals surface area contributed by atoms with Crippen LogP contribution >= 0.6 is 11.3 Å². The predicted molar refractivity (Wildman–Crippen MR) is 123 cm³/mol. The summed E-state index contributed by atoms with van der Waals surface area (Å²) in [6.45, 7) is 2.79. The molecule has 0 saturated carbocycles. The number of pyridine rings is 1. The van der Waals surface area contributed by atoms with Gasteiger partial charge in [-0.1, -0.05) is 25.1 Å². The van der Waals surface area contributed by atoms with E-state index in [1.807, 2.05) is 36.4 Å². The second-order valence-corrected chi connectivity index (χ2v) is 8.34.